The van der Waals surface area contributed by atoms with Crippen LogP contribution in [0.1, 0.15) is 31.2 Å². The molecule has 27 heavy (non-hydrogen) atoms. The van der Waals surface area contributed by atoms with Crippen molar-refractivity contribution in [2.45, 2.75) is 38.3 Å². The second kappa shape index (κ2) is 7.56. The molecule has 1 heterocycles. The van der Waals surface area contributed by atoms with Crippen molar-refractivity contribution in [2.75, 3.05) is 11.7 Å². The molecule has 1 amide bonds. The van der Waals surface area contributed by atoms with Gasteiger partial charge in [-0.15, -0.1) is 0 Å². The van der Waals surface area contributed by atoms with Crippen LogP contribution in [-0.2, 0) is 11.3 Å². The molecule has 6 heteroatoms. The molecule has 5 nitrogen and oxygen atoms in total. The van der Waals surface area contributed by atoms with Crippen LogP contribution in [0, 0.1) is 11.7 Å². The summed E-state index contributed by atoms with van der Waals surface area (Å²) in [6, 6.07) is 11.7. The fourth-order valence-corrected chi connectivity index (χ4v) is 3.82. The molecule has 0 bridgehead atoms. The number of hydrogen-bond acceptors (Lipinski definition) is 4. The number of carbonyl (C=O) groups excluding carboxylic acids is 1. The van der Waals surface area contributed by atoms with Crippen LogP contribution >= 0.6 is 0 Å². The first-order valence-electron chi connectivity index (χ1n) is 9.30. The molecule has 2 aromatic rings. The number of rotatable bonds is 5. The van der Waals surface area contributed by atoms with E-state index < -0.39 is 0 Å². The Kier molecular flexibility index (Phi) is 4.99. The van der Waals surface area contributed by atoms with Gasteiger partial charge in [0.15, 0.2) is 11.5 Å². The highest BCUT2D eigenvalue weighted by molar-refractivity contribution is 5.93. The fourth-order valence-electron chi connectivity index (χ4n) is 3.82. The van der Waals surface area contributed by atoms with Gasteiger partial charge in [0.2, 0.25) is 12.7 Å². The van der Waals surface area contributed by atoms with Gasteiger partial charge in [-0.2, -0.15) is 0 Å². The summed E-state index contributed by atoms with van der Waals surface area (Å²) in [7, 11) is 0. The normalized spacial score (nSPS) is 20.7. The number of anilines is 1. The van der Waals surface area contributed by atoms with Crippen LogP contribution in [0.4, 0.5) is 10.1 Å². The molecule has 1 fully saturated rings. The predicted molar refractivity (Wildman–Crippen MR) is 100 cm³/mol. The molecular weight excluding hydrogens is 347 g/mol. The lowest BCUT2D eigenvalue weighted by molar-refractivity contribution is -0.119. The first kappa shape index (κ1) is 17.8. The second-order valence-corrected chi connectivity index (χ2v) is 7.20. The quantitative estimate of drug-likeness (QED) is 0.873. The monoisotopic (exact) mass is 370 g/mol. The number of amides is 1. The lowest BCUT2D eigenvalue weighted by Crippen LogP contribution is -2.35. The minimum absolute atomic E-state index is 0.00150. The summed E-state index contributed by atoms with van der Waals surface area (Å²) in [6.07, 6.45) is 3.42. The lowest BCUT2D eigenvalue weighted by atomic mass is 9.99. The third-order valence-corrected chi connectivity index (χ3v) is 5.37. The molecule has 0 spiro atoms. The van der Waals surface area contributed by atoms with E-state index in [1.165, 1.54) is 12.1 Å². The van der Waals surface area contributed by atoms with Crippen LogP contribution in [-0.4, -0.2) is 18.7 Å². The molecule has 1 saturated carbocycles. The largest absolute Gasteiger partial charge is 0.454 e. The van der Waals surface area contributed by atoms with Crippen molar-refractivity contribution < 1.29 is 18.7 Å². The van der Waals surface area contributed by atoms with E-state index in [9.17, 15) is 9.18 Å². The second-order valence-electron chi connectivity index (χ2n) is 7.20. The predicted octanol–water partition coefficient (Wildman–Crippen LogP) is 3.61. The Hall–Kier alpha value is -2.60. The van der Waals surface area contributed by atoms with Gasteiger partial charge in [-0.05, 0) is 60.7 Å². The molecular formula is C21H23FN2O3. The van der Waals surface area contributed by atoms with E-state index >= 15 is 0 Å². The highest BCUT2D eigenvalue weighted by atomic mass is 19.1. The van der Waals surface area contributed by atoms with Crippen LogP contribution < -0.4 is 20.1 Å². The van der Waals surface area contributed by atoms with E-state index in [1.807, 2.05) is 18.2 Å². The van der Waals surface area contributed by atoms with Gasteiger partial charge in [-0.25, -0.2) is 4.39 Å². The van der Waals surface area contributed by atoms with Crippen molar-refractivity contribution in [3.8, 4) is 11.5 Å². The van der Waals surface area contributed by atoms with Gasteiger partial charge in [-0.3, -0.25) is 4.79 Å². The van der Waals surface area contributed by atoms with Gasteiger partial charge >= 0.3 is 0 Å². The van der Waals surface area contributed by atoms with Crippen molar-refractivity contribution in [1.29, 1.82) is 0 Å². The van der Waals surface area contributed by atoms with Crippen molar-refractivity contribution in [2.24, 2.45) is 11.7 Å². The third-order valence-electron chi connectivity index (χ3n) is 5.37. The van der Waals surface area contributed by atoms with Crippen LogP contribution in [0.2, 0.25) is 0 Å². The number of benzene rings is 2. The van der Waals surface area contributed by atoms with E-state index in [0.29, 0.717) is 30.2 Å². The Balaban J connectivity index is 1.57. The minimum atomic E-state index is -0.327. The van der Waals surface area contributed by atoms with Gasteiger partial charge < -0.3 is 20.1 Å². The van der Waals surface area contributed by atoms with Crippen LogP contribution in [0.25, 0.3) is 0 Å². The van der Waals surface area contributed by atoms with Crippen molar-refractivity contribution in [3.63, 3.8) is 0 Å². The smallest absolute Gasteiger partial charge is 0.231 e. The average molecular weight is 370 g/mol. The topological polar surface area (TPSA) is 64.8 Å². The highest BCUT2D eigenvalue weighted by Crippen LogP contribution is 2.34. The summed E-state index contributed by atoms with van der Waals surface area (Å²) >= 11 is 0. The Morgan fingerprint density at radius 2 is 1.89 bits per heavy atom. The molecule has 1 aliphatic carbocycles. The van der Waals surface area contributed by atoms with Crippen LogP contribution in [0.15, 0.2) is 42.5 Å². The maximum Gasteiger partial charge on any atom is 0.231 e. The number of fused-ring (bicyclic) bond motifs is 1. The van der Waals surface area contributed by atoms with Gasteiger partial charge in [0.1, 0.15) is 5.82 Å². The summed E-state index contributed by atoms with van der Waals surface area (Å²) in [5, 5.41) is 0. The molecule has 2 aromatic carbocycles. The molecule has 0 aromatic heterocycles. The fraction of sp³-hybridized carbons (Fsp3) is 0.381. The van der Waals surface area contributed by atoms with Gasteiger partial charge in [0, 0.05) is 18.2 Å². The summed E-state index contributed by atoms with van der Waals surface area (Å²) in [6.45, 7) is 0.585. The van der Waals surface area contributed by atoms with Gasteiger partial charge in [-0.1, -0.05) is 12.5 Å². The minimum Gasteiger partial charge on any atom is -0.454 e. The molecule has 2 N–H and O–H groups in total. The van der Waals surface area contributed by atoms with Gasteiger partial charge in [0.05, 0.1) is 6.54 Å². The maximum absolute atomic E-state index is 13.4. The van der Waals surface area contributed by atoms with Gasteiger partial charge in [0.25, 0.3) is 0 Å². The zero-order valence-corrected chi connectivity index (χ0v) is 15.1. The summed E-state index contributed by atoms with van der Waals surface area (Å²) in [4.78, 5) is 14.8. The van der Waals surface area contributed by atoms with E-state index in [1.54, 1.807) is 17.0 Å². The van der Waals surface area contributed by atoms with Crippen molar-refractivity contribution >= 4 is 11.6 Å². The number of ether oxygens (including phenoxy) is 2. The number of nitrogens with two attached hydrogens (primary N) is 1. The Morgan fingerprint density at radius 3 is 2.63 bits per heavy atom. The lowest BCUT2D eigenvalue weighted by Gasteiger charge is -2.25. The van der Waals surface area contributed by atoms with Crippen molar-refractivity contribution in [3.05, 3.63) is 53.8 Å². The standard InChI is InChI=1S/C21H23FN2O3/c22-16-5-7-17(8-6-16)24(21(25)11-15-2-1-3-18(15)23)12-14-4-9-19-20(10-14)27-13-26-19/h4-10,15,18H,1-3,11-13,23H2/t15-,18+/m0/s1. The maximum atomic E-state index is 13.4. The summed E-state index contributed by atoms with van der Waals surface area (Å²) in [5.74, 6) is 1.26. The molecule has 0 radical (unpaired) electrons. The average Bonchev–Trinajstić information content (AvgIpc) is 3.29. The van der Waals surface area contributed by atoms with E-state index in [4.69, 9.17) is 15.2 Å². The number of halogens is 1. The Bertz CT molecular complexity index is 825. The van der Waals surface area contributed by atoms with E-state index in [2.05, 4.69) is 0 Å². The van der Waals surface area contributed by atoms with E-state index in [0.717, 1.165) is 24.8 Å². The van der Waals surface area contributed by atoms with Crippen LogP contribution in [0.3, 0.4) is 0 Å². The molecule has 0 saturated heterocycles. The first-order chi connectivity index (χ1) is 13.1. The number of carbonyl (C=O) groups is 1. The SMILES string of the molecule is N[C@@H]1CCC[C@H]1CC(=O)N(Cc1ccc2c(c1)OCO2)c1ccc(F)cc1. The van der Waals surface area contributed by atoms with Crippen molar-refractivity contribution in [1.82, 2.24) is 0 Å². The third kappa shape index (κ3) is 3.90. The summed E-state index contributed by atoms with van der Waals surface area (Å²) < 4.78 is 24.1. The molecule has 142 valence electrons. The first-order valence-corrected chi connectivity index (χ1v) is 9.30. The number of nitrogens with zero attached hydrogens (tertiary/aromatic N) is 1. The summed E-state index contributed by atoms with van der Waals surface area (Å²) in [5.41, 5.74) is 7.74. The van der Waals surface area contributed by atoms with Crippen LogP contribution in [0.5, 0.6) is 11.5 Å². The zero-order chi connectivity index (χ0) is 18.8. The Labute approximate surface area is 157 Å². The Morgan fingerprint density at radius 1 is 1.11 bits per heavy atom. The van der Waals surface area contributed by atoms with E-state index in [-0.39, 0.29) is 30.5 Å². The molecule has 4 rings (SSSR count). The zero-order valence-electron chi connectivity index (χ0n) is 15.1. The molecule has 2 aliphatic rings. The highest BCUT2D eigenvalue weighted by Gasteiger charge is 2.29. The molecule has 2 atom stereocenters. The number of hydrogen-bond donors (Lipinski definition) is 1. The molecule has 0 unspecified atom stereocenters. The molecule has 1 aliphatic heterocycles.